The predicted octanol–water partition coefficient (Wildman–Crippen LogP) is 2.37. The number of thioether (sulfide) groups is 1. The molecule has 1 fully saturated rings. The van der Waals surface area contributed by atoms with Gasteiger partial charge in [-0.15, -0.1) is 0 Å². The van der Waals surface area contributed by atoms with Crippen LogP contribution >= 0.6 is 11.8 Å². The Labute approximate surface area is 128 Å². The molecule has 114 valence electrons. The smallest absolute Gasteiger partial charge is 0.335 e. The summed E-state index contributed by atoms with van der Waals surface area (Å²) in [5.74, 6) is 0.0411. The fourth-order valence-corrected chi connectivity index (χ4v) is 3.34. The Morgan fingerprint density at radius 2 is 2.05 bits per heavy atom. The zero-order valence-corrected chi connectivity index (χ0v) is 13.1. The highest BCUT2D eigenvalue weighted by Crippen LogP contribution is 2.19. The number of hydrogen-bond acceptors (Lipinski definition) is 3. The Morgan fingerprint density at radius 1 is 1.38 bits per heavy atom. The molecule has 0 aromatic heterocycles. The molecule has 1 heterocycles. The first kappa shape index (κ1) is 15.7. The Balaban J connectivity index is 1.95. The maximum Gasteiger partial charge on any atom is 0.335 e. The lowest BCUT2D eigenvalue weighted by Gasteiger charge is -2.33. The Hall–Kier alpha value is -1.69. The molecule has 2 rings (SSSR count). The summed E-state index contributed by atoms with van der Waals surface area (Å²) in [5.41, 5.74) is 1.19. The van der Waals surface area contributed by atoms with E-state index in [1.807, 2.05) is 16.7 Å². The average Bonchev–Trinajstić information content (AvgIpc) is 2.47. The molecule has 0 spiro atoms. The van der Waals surface area contributed by atoms with Crippen LogP contribution in [0.2, 0.25) is 0 Å². The van der Waals surface area contributed by atoms with E-state index in [1.165, 1.54) is 0 Å². The molecular formula is C15H20N2O3S. The van der Waals surface area contributed by atoms with Crippen molar-refractivity contribution in [1.29, 1.82) is 0 Å². The van der Waals surface area contributed by atoms with E-state index in [0.29, 0.717) is 11.8 Å². The van der Waals surface area contributed by atoms with Crippen molar-refractivity contribution in [2.24, 2.45) is 0 Å². The van der Waals surface area contributed by atoms with Crippen LogP contribution in [0, 0.1) is 0 Å². The SMILES string of the molecule is CC1CN(C(=O)N(C)Cc2ccc(C(=O)O)cc2)CCS1. The molecule has 1 unspecified atom stereocenters. The van der Waals surface area contributed by atoms with Crippen molar-refractivity contribution in [2.75, 3.05) is 25.9 Å². The van der Waals surface area contributed by atoms with Crippen LogP contribution in [0.5, 0.6) is 0 Å². The number of carboxylic acids is 1. The zero-order chi connectivity index (χ0) is 15.4. The number of carboxylic acid groups (broad SMARTS) is 1. The van der Waals surface area contributed by atoms with Crippen molar-refractivity contribution in [3.8, 4) is 0 Å². The fraction of sp³-hybridized carbons (Fsp3) is 0.467. The second-order valence-electron chi connectivity index (χ2n) is 5.27. The number of rotatable bonds is 3. The first-order chi connectivity index (χ1) is 9.97. The lowest BCUT2D eigenvalue weighted by atomic mass is 10.1. The third-order valence-electron chi connectivity index (χ3n) is 3.46. The van der Waals surface area contributed by atoms with E-state index in [9.17, 15) is 9.59 Å². The minimum atomic E-state index is -0.939. The molecule has 0 bridgehead atoms. The summed E-state index contributed by atoms with van der Waals surface area (Å²) < 4.78 is 0. The van der Waals surface area contributed by atoms with Gasteiger partial charge in [-0.05, 0) is 17.7 Å². The van der Waals surface area contributed by atoms with Crippen molar-refractivity contribution in [2.45, 2.75) is 18.7 Å². The Morgan fingerprint density at radius 3 is 2.62 bits per heavy atom. The Bertz CT molecular complexity index is 518. The number of aromatic carboxylic acids is 1. The molecule has 1 saturated heterocycles. The minimum absolute atomic E-state index is 0.0319. The third kappa shape index (κ3) is 4.14. The van der Waals surface area contributed by atoms with Gasteiger partial charge in [0.05, 0.1) is 5.56 Å². The molecule has 5 nitrogen and oxygen atoms in total. The standard InChI is InChI=1S/C15H20N2O3S/c1-11-9-17(7-8-21-11)15(20)16(2)10-12-3-5-13(6-4-12)14(18)19/h3-6,11H,7-10H2,1-2H3,(H,18,19). The summed E-state index contributed by atoms with van der Waals surface area (Å²) in [6.07, 6.45) is 0. The van der Waals surface area contributed by atoms with Gasteiger partial charge in [0.25, 0.3) is 0 Å². The van der Waals surface area contributed by atoms with Crippen LogP contribution < -0.4 is 0 Å². The molecular weight excluding hydrogens is 288 g/mol. The summed E-state index contributed by atoms with van der Waals surface area (Å²) in [5, 5.41) is 9.35. The van der Waals surface area contributed by atoms with Crippen molar-refractivity contribution in [3.63, 3.8) is 0 Å². The molecule has 1 atom stereocenters. The van der Waals surface area contributed by atoms with Gasteiger partial charge in [0.15, 0.2) is 0 Å². The van der Waals surface area contributed by atoms with Gasteiger partial charge in [-0.2, -0.15) is 11.8 Å². The second kappa shape index (κ2) is 6.85. The van der Waals surface area contributed by atoms with E-state index in [0.717, 1.165) is 24.4 Å². The molecule has 0 aliphatic carbocycles. The average molecular weight is 308 g/mol. The van der Waals surface area contributed by atoms with Gasteiger partial charge in [0.1, 0.15) is 0 Å². The number of amides is 2. The van der Waals surface area contributed by atoms with Crippen molar-refractivity contribution < 1.29 is 14.7 Å². The third-order valence-corrected chi connectivity index (χ3v) is 4.60. The van der Waals surface area contributed by atoms with E-state index >= 15 is 0 Å². The predicted molar refractivity (Wildman–Crippen MR) is 83.8 cm³/mol. The monoisotopic (exact) mass is 308 g/mol. The van der Waals surface area contributed by atoms with Crippen LogP contribution in [0.25, 0.3) is 0 Å². The molecule has 1 aliphatic heterocycles. The maximum atomic E-state index is 12.4. The van der Waals surface area contributed by atoms with Crippen molar-refractivity contribution >= 4 is 23.8 Å². The normalized spacial score (nSPS) is 18.4. The van der Waals surface area contributed by atoms with Crippen LogP contribution in [-0.4, -0.2) is 58.0 Å². The highest BCUT2D eigenvalue weighted by Gasteiger charge is 2.23. The van der Waals surface area contributed by atoms with Crippen molar-refractivity contribution in [3.05, 3.63) is 35.4 Å². The Kier molecular flexibility index (Phi) is 5.12. The molecule has 1 aromatic carbocycles. The first-order valence-electron chi connectivity index (χ1n) is 6.91. The van der Waals surface area contributed by atoms with E-state index < -0.39 is 5.97 Å². The molecule has 1 aliphatic rings. The summed E-state index contributed by atoms with van der Waals surface area (Å²) in [6.45, 7) is 4.19. The van der Waals surface area contributed by atoms with Gasteiger partial charge in [0.2, 0.25) is 0 Å². The summed E-state index contributed by atoms with van der Waals surface area (Å²) in [4.78, 5) is 26.7. The summed E-state index contributed by atoms with van der Waals surface area (Å²) in [7, 11) is 1.78. The molecule has 21 heavy (non-hydrogen) atoms. The van der Waals surface area contributed by atoms with E-state index in [-0.39, 0.29) is 11.6 Å². The lowest BCUT2D eigenvalue weighted by Crippen LogP contribution is -2.46. The van der Waals surface area contributed by atoms with Crippen LogP contribution in [0.1, 0.15) is 22.8 Å². The number of urea groups is 1. The van der Waals surface area contributed by atoms with Gasteiger partial charge >= 0.3 is 12.0 Å². The molecule has 0 saturated carbocycles. The molecule has 6 heteroatoms. The van der Waals surface area contributed by atoms with Crippen LogP contribution in [0.3, 0.4) is 0 Å². The molecule has 0 radical (unpaired) electrons. The van der Waals surface area contributed by atoms with E-state index in [2.05, 4.69) is 6.92 Å². The lowest BCUT2D eigenvalue weighted by molar-refractivity contribution is 0.0696. The molecule has 2 amide bonds. The van der Waals surface area contributed by atoms with Crippen LogP contribution in [0.4, 0.5) is 4.79 Å². The number of hydrogen-bond donors (Lipinski definition) is 1. The largest absolute Gasteiger partial charge is 0.478 e. The van der Waals surface area contributed by atoms with Gasteiger partial charge in [0, 0.05) is 37.7 Å². The summed E-state index contributed by atoms with van der Waals surface area (Å²) in [6, 6.07) is 6.67. The highest BCUT2D eigenvalue weighted by atomic mass is 32.2. The number of nitrogens with zero attached hydrogens (tertiary/aromatic N) is 2. The molecule has 1 aromatic rings. The minimum Gasteiger partial charge on any atom is -0.478 e. The van der Waals surface area contributed by atoms with Crippen molar-refractivity contribution in [1.82, 2.24) is 9.80 Å². The number of benzene rings is 1. The van der Waals surface area contributed by atoms with Crippen LogP contribution in [-0.2, 0) is 6.54 Å². The van der Waals surface area contributed by atoms with Gasteiger partial charge in [-0.25, -0.2) is 9.59 Å². The highest BCUT2D eigenvalue weighted by molar-refractivity contribution is 7.99. The van der Waals surface area contributed by atoms with Gasteiger partial charge < -0.3 is 14.9 Å². The molecule has 1 N–H and O–H groups in total. The van der Waals surface area contributed by atoms with E-state index in [4.69, 9.17) is 5.11 Å². The fourth-order valence-electron chi connectivity index (χ4n) is 2.33. The van der Waals surface area contributed by atoms with Crippen LogP contribution in [0.15, 0.2) is 24.3 Å². The summed E-state index contributed by atoms with van der Waals surface area (Å²) >= 11 is 1.89. The zero-order valence-electron chi connectivity index (χ0n) is 12.3. The quantitative estimate of drug-likeness (QED) is 0.931. The van der Waals surface area contributed by atoms with Gasteiger partial charge in [-0.3, -0.25) is 0 Å². The van der Waals surface area contributed by atoms with E-state index in [1.54, 1.807) is 36.2 Å². The first-order valence-corrected chi connectivity index (χ1v) is 7.96. The number of carbonyl (C=O) groups is 2. The van der Waals surface area contributed by atoms with Gasteiger partial charge in [-0.1, -0.05) is 19.1 Å². The topological polar surface area (TPSA) is 60.9 Å². The maximum absolute atomic E-state index is 12.4. The number of carbonyl (C=O) groups excluding carboxylic acids is 1. The second-order valence-corrected chi connectivity index (χ2v) is 6.81.